The maximum atomic E-state index is 10.2. The van der Waals surface area contributed by atoms with Gasteiger partial charge in [0, 0.05) is 13.5 Å². The van der Waals surface area contributed by atoms with Gasteiger partial charge in [-0.15, -0.1) is 0 Å². The van der Waals surface area contributed by atoms with Crippen LogP contribution in [-0.2, 0) is 118 Å². The van der Waals surface area contributed by atoms with Gasteiger partial charge in [0.2, 0.25) is 0 Å². The van der Waals surface area contributed by atoms with E-state index in [9.17, 15) is 4.79 Å². The first-order valence-corrected chi connectivity index (χ1v) is 26.6. The van der Waals surface area contributed by atoms with E-state index in [0.29, 0.717) is 317 Å². The third-order valence-electron chi connectivity index (χ3n) is 9.00. The highest BCUT2D eigenvalue weighted by Crippen LogP contribution is 1.91. The monoisotopic (exact) mass is 1100 g/mol. The first kappa shape index (κ1) is 73.7. The molecule has 0 N–H and O–H groups in total. The Labute approximate surface area is 448 Å². The van der Waals surface area contributed by atoms with E-state index in [0.717, 1.165) is 6.29 Å². The molecule has 0 saturated carbocycles. The van der Waals surface area contributed by atoms with Crippen molar-refractivity contribution in [2.75, 3.05) is 318 Å². The molecular formula is C50H100O25. The summed E-state index contributed by atoms with van der Waals surface area (Å²) in [4.78, 5) is 10.2. The normalized spacial score (nSPS) is 11.7. The largest absolute Gasteiger partial charge is 0.382 e. The molecule has 75 heavy (non-hydrogen) atoms. The number of ether oxygens (including phenoxy) is 24. The molecule has 0 aliphatic heterocycles. The Balaban J connectivity index is 3.07. The second-order valence-electron chi connectivity index (χ2n) is 15.0. The maximum absolute atomic E-state index is 10.2. The van der Waals surface area contributed by atoms with Crippen molar-refractivity contribution in [1.82, 2.24) is 0 Å². The smallest absolute Gasteiger partial charge is 0.122 e. The van der Waals surface area contributed by atoms with Crippen LogP contribution in [0.5, 0.6) is 0 Å². The van der Waals surface area contributed by atoms with Gasteiger partial charge in [-0.25, -0.2) is 0 Å². The molecule has 0 bridgehead atoms. The Morgan fingerprint density at radius 2 is 0.253 bits per heavy atom. The van der Waals surface area contributed by atoms with Crippen molar-refractivity contribution >= 4 is 6.29 Å². The third-order valence-corrected chi connectivity index (χ3v) is 9.00. The summed E-state index contributed by atoms with van der Waals surface area (Å²) in [6.07, 6.45) is 1.24. The quantitative estimate of drug-likeness (QED) is 0.0599. The predicted molar refractivity (Wildman–Crippen MR) is 271 cm³/mol. The Bertz CT molecular complexity index is 1000. The zero-order valence-corrected chi connectivity index (χ0v) is 45.7. The summed E-state index contributed by atoms with van der Waals surface area (Å²) >= 11 is 0. The molecule has 0 saturated heterocycles. The molecule has 0 fully saturated rings. The number of aldehydes is 1. The van der Waals surface area contributed by atoms with Crippen molar-refractivity contribution < 1.29 is 118 Å². The van der Waals surface area contributed by atoms with Gasteiger partial charge >= 0.3 is 0 Å². The molecule has 0 unspecified atom stereocenters. The molecule has 0 aliphatic carbocycles. The van der Waals surface area contributed by atoms with Gasteiger partial charge in [0.15, 0.2) is 0 Å². The van der Waals surface area contributed by atoms with E-state index >= 15 is 0 Å². The van der Waals surface area contributed by atoms with E-state index in [4.69, 9.17) is 114 Å². The molecule has 0 heterocycles. The molecule has 0 aromatic rings. The Kier molecular flexibility index (Phi) is 71.5. The summed E-state index contributed by atoms with van der Waals surface area (Å²) in [6, 6.07) is 0. The van der Waals surface area contributed by atoms with E-state index in [1.165, 1.54) is 0 Å². The fourth-order valence-corrected chi connectivity index (χ4v) is 5.21. The van der Waals surface area contributed by atoms with Gasteiger partial charge in [-0.3, -0.25) is 0 Å². The summed E-state index contributed by atoms with van der Waals surface area (Å²) in [7, 11) is 1.64. The van der Waals surface area contributed by atoms with E-state index in [2.05, 4.69) is 0 Å². The summed E-state index contributed by atoms with van der Waals surface area (Å²) in [5, 5.41) is 0. The lowest BCUT2D eigenvalue weighted by atomic mass is 10.5. The molecule has 0 aliphatic rings. The van der Waals surface area contributed by atoms with Crippen LogP contribution >= 0.6 is 0 Å². The SMILES string of the molecule is COCCOCCOCCOCCOCCOCCOCCOCCOCCOCCOCCOCCOCCOCCOCCOCCOCCOCCOCCOCCOCCOCCOCCOCCC=O. The zero-order chi connectivity index (χ0) is 53.6. The zero-order valence-electron chi connectivity index (χ0n) is 45.7. The number of methoxy groups -OCH3 is 1. The highest BCUT2D eigenvalue weighted by Gasteiger charge is 2.00. The predicted octanol–water partition coefficient (Wildman–Crippen LogP) is 0.604. The Morgan fingerprint density at radius 1 is 0.160 bits per heavy atom. The number of hydrogen-bond acceptors (Lipinski definition) is 25. The van der Waals surface area contributed by atoms with Crippen LogP contribution in [0.25, 0.3) is 0 Å². The van der Waals surface area contributed by atoms with Crippen LogP contribution in [0.4, 0.5) is 0 Å². The van der Waals surface area contributed by atoms with Crippen molar-refractivity contribution in [3.63, 3.8) is 0 Å². The van der Waals surface area contributed by atoms with Crippen molar-refractivity contribution in [2.45, 2.75) is 6.42 Å². The first-order chi connectivity index (χ1) is 37.4. The van der Waals surface area contributed by atoms with Gasteiger partial charge in [0.05, 0.1) is 311 Å². The minimum absolute atomic E-state index is 0.407. The summed E-state index contributed by atoms with van der Waals surface area (Å²) in [5.41, 5.74) is 0. The molecule has 0 atom stereocenters. The summed E-state index contributed by atoms with van der Waals surface area (Å²) < 4.78 is 131. The van der Waals surface area contributed by atoms with Gasteiger partial charge in [0.1, 0.15) is 6.29 Å². The third kappa shape index (κ3) is 72.7. The Hall–Kier alpha value is -1.29. The molecule has 0 aromatic carbocycles. The average Bonchev–Trinajstić information content (AvgIpc) is 3.42. The molecule has 0 aromatic heterocycles. The second kappa shape index (κ2) is 72.7. The first-order valence-electron chi connectivity index (χ1n) is 26.6. The van der Waals surface area contributed by atoms with Gasteiger partial charge in [-0.1, -0.05) is 0 Å². The van der Waals surface area contributed by atoms with Gasteiger partial charge in [-0.2, -0.15) is 0 Å². The van der Waals surface area contributed by atoms with E-state index in [1.54, 1.807) is 7.11 Å². The standard InChI is InChI=1S/C50H100O25/c1-52-5-6-54-9-10-56-13-14-58-17-18-60-21-22-62-25-26-64-29-30-66-33-34-68-37-38-70-41-42-72-45-46-74-49-50-75-48-47-73-44-43-71-40-39-69-36-35-67-32-31-65-28-27-63-24-23-61-20-19-59-16-15-57-12-11-55-8-7-53-4-2-3-51/h3H,2,4-50H2,1H3. The van der Waals surface area contributed by atoms with Crippen molar-refractivity contribution in [3.8, 4) is 0 Å². The number of carbonyl (C=O) groups is 1. The fourth-order valence-electron chi connectivity index (χ4n) is 5.21. The van der Waals surface area contributed by atoms with Gasteiger partial charge in [0.25, 0.3) is 0 Å². The van der Waals surface area contributed by atoms with Crippen molar-refractivity contribution in [3.05, 3.63) is 0 Å². The highest BCUT2D eigenvalue weighted by atomic mass is 16.6. The molecule has 25 heteroatoms. The Morgan fingerprint density at radius 3 is 0.347 bits per heavy atom. The molecule has 0 rings (SSSR count). The highest BCUT2D eigenvalue weighted by molar-refractivity contribution is 5.49. The topological polar surface area (TPSA) is 239 Å². The van der Waals surface area contributed by atoms with Crippen molar-refractivity contribution in [1.29, 1.82) is 0 Å². The van der Waals surface area contributed by atoms with Crippen LogP contribution in [0.15, 0.2) is 0 Å². The van der Waals surface area contributed by atoms with Crippen LogP contribution in [0.1, 0.15) is 6.42 Å². The molecule has 0 radical (unpaired) electrons. The lowest BCUT2D eigenvalue weighted by Gasteiger charge is -2.09. The van der Waals surface area contributed by atoms with E-state index < -0.39 is 0 Å². The maximum Gasteiger partial charge on any atom is 0.122 e. The molecule has 25 nitrogen and oxygen atoms in total. The fraction of sp³-hybridized carbons (Fsp3) is 0.980. The molecule has 0 amide bonds. The average molecular weight is 1100 g/mol. The van der Waals surface area contributed by atoms with E-state index in [-0.39, 0.29) is 0 Å². The lowest BCUT2D eigenvalue weighted by Crippen LogP contribution is -2.16. The van der Waals surface area contributed by atoms with Crippen LogP contribution < -0.4 is 0 Å². The van der Waals surface area contributed by atoms with Crippen LogP contribution in [0, 0.1) is 0 Å². The summed E-state index contributed by atoms with van der Waals surface area (Å²) in [5.74, 6) is 0. The number of carbonyl (C=O) groups excluding carboxylic acids is 1. The summed E-state index contributed by atoms with van der Waals surface area (Å²) in [6.45, 7) is 23.3. The minimum atomic E-state index is 0.407. The molecule has 0 spiro atoms. The lowest BCUT2D eigenvalue weighted by molar-refractivity contribution is -0.109. The van der Waals surface area contributed by atoms with Crippen LogP contribution in [0.3, 0.4) is 0 Å². The second-order valence-corrected chi connectivity index (χ2v) is 15.0. The van der Waals surface area contributed by atoms with Crippen LogP contribution in [0.2, 0.25) is 0 Å². The van der Waals surface area contributed by atoms with Crippen LogP contribution in [-0.4, -0.2) is 324 Å². The molecular weight excluding hydrogens is 1000 g/mol. The van der Waals surface area contributed by atoms with Gasteiger partial charge in [-0.05, 0) is 0 Å². The number of rotatable bonds is 72. The minimum Gasteiger partial charge on any atom is -0.382 e. The number of hydrogen-bond donors (Lipinski definition) is 0. The van der Waals surface area contributed by atoms with E-state index in [1.807, 2.05) is 0 Å². The molecule has 450 valence electrons. The van der Waals surface area contributed by atoms with Crippen molar-refractivity contribution in [2.24, 2.45) is 0 Å². The van der Waals surface area contributed by atoms with Gasteiger partial charge < -0.3 is 118 Å².